The predicted molar refractivity (Wildman–Crippen MR) is 76.1 cm³/mol. The normalized spacial score (nSPS) is 16.3. The van der Waals surface area contributed by atoms with Crippen molar-refractivity contribution in [3.8, 4) is 0 Å². The molecule has 19 heavy (non-hydrogen) atoms. The van der Waals surface area contributed by atoms with Crippen LogP contribution in [0.2, 0.25) is 5.02 Å². The summed E-state index contributed by atoms with van der Waals surface area (Å²) in [5, 5.41) is 0.723. The lowest BCUT2D eigenvalue weighted by atomic mass is 9.98. The summed E-state index contributed by atoms with van der Waals surface area (Å²) in [6.07, 6.45) is 1.66. The van der Waals surface area contributed by atoms with Crippen LogP contribution >= 0.6 is 11.6 Å². The number of halogens is 1. The average molecular weight is 282 g/mol. The number of ether oxygens (including phenoxy) is 1. The molecule has 1 fully saturated rings. The first-order valence-corrected chi connectivity index (χ1v) is 7.20. The second-order valence-electron chi connectivity index (χ2n) is 4.83. The molecule has 1 aliphatic heterocycles. The van der Waals surface area contributed by atoms with Crippen LogP contribution in [0.4, 0.5) is 0 Å². The largest absolute Gasteiger partial charge is 0.381 e. The van der Waals surface area contributed by atoms with Crippen LogP contribution in [0.3, 0.4) is 0 Å². The Labute approximate surface area is 119 Å². The molecule has 4 heteroatoms. The van der Waals surface area contributed by atoms with E-state index >= 15 is 0 Å². The van der Waals surface area contributed by atoms with E-state index in [1.54, 1.807) is 0 Å². The van der Waals surface area contributed by atoms with E-state index in [-0.39, 0.29) is 11.8 Å². The Bertz CT molecular complexity index is 430. The van der Waals surface area contributed by atoms with Gasteiger partial charge in [-0.15, -0.1) is 0 Å². The molecule has 0 atom stereocenters. The van der Waals surface area contributed by atoms with Gasteiger partial charge in [-0.05, 0) is 31.4 Å². The third kappa shape index (κ3) is 3.71. The number of amides is 1. The van der Waals surface area contributed by atoms with Gasteiger partial charge in [0.05, 0.1) is 0 Å². The van der Waals surface area contributed by atoms with Crippen molar-refractivity contribution in [2.45, 2.75) is 26.3 Å². The summed E-state index contributed by atoms with van der Waals surface area (Å²) in [4.78, 5) is 14.4. The fourth-order valence-corrected chi connectivity index (χ4v) is 2.58. The average Bonchev–Trinajstić information content (AvgIpc) is 2.47. The fraction of sp³-hybridized carbons (Fsp3) is 0.533. The molecule has 0 aliphatic carbocycles. The first-order chi connectivity index (χ1) is 9.22. The summed E-state index contributed by atoms with van der Waals surface area (Å²) in [6.45, 7) is 4.70. The topological polar surface area (TPSA) is 29.5 Å². The van der Waals surface area contributed by atoms with Crippen LogP contribution in [-0.2, 0) is 16.1 Å². The Kier molecular flexibility index (Phi) is 5.23. The number of hydrogen-bond acceptors (Lipinski definition) is 2. The van der Waals surface area contributed by atoms with E-state index in [0.29, 0.717) is 26.3 Å². The monoisotopic (exact) mass is 281 g/mol. The van der Waals surface area contributed by atoms with Gasteiger partial charge in [-0.1, -0.05) is 29.8 Å². The summed E-state index contributed by atoms with van der Waals surface area (Å²) in [5.74, 6) is 0.335. The maximum Gasteiger partial charge on any atom is 0.226 e. The van der Waals surface area contributed by atoms with Crippen LogP contribution in [0, 0.1) is 5.92 Å². The SMILES string of the molecule is CCN(Cc1ccccc1Cl)C(=O)C1CCOCC1. The zero-order valence-electron chi connectivity index (χ0n) is 11.3. The number of rotatable bonds is 4. The molecule has 0 radical (unpaired) electrons. The Morgan fingerprint density at radius 3 is 2.68 bits per heavy atom. The summed E-state index contributed by atoms with van der Waals surface area (Å²) < 4.78 is 5.31. The molecule has 0 aromatic heterocycles. The van der Waals surface area contributed by atoms with Gasteiger partial charge in [-0.3, -0.25) is 4.79 Å². The number of carbonyl (C=O) groups is 1. The fourth-order valence-electron chi connectivity index (χ4n) is 2.38. The molecule has 1 aliphatic rings. The van der Waals surface area contributed by atoms with Crippen molar-refractivity contribution in [1.82, 2.24) is 4.90 Å². The van der Waals surface area contributed by atoms with E-state index in [1.165, 1.54) is 0 Å². The maximum absolute atomic E-state index is 12.5. The lowest BCUT2D eigenvalue weighted by Gasteiger charge is -2.28. The molecule has 0 spiro atoms. The Balaban J connectivity index is 2.03. The summed E-state index contributed by atoms with van der Waals surface area (Å²) >= 11 is 6.16. The minimum atomic E-state index is 0.108. The standard InChI is InChI=1S/C15H20ClNO2/c1-2-17(11-13-5-3-4-6-14(13)16)15(18)12-7-9-19-10-8-12/h3-6,12H,2,7-11H2,1H3. The van der Waals surface area contributed by atoms with Gasteiger partial charge in [0.25, 0.3) is 0 Å². The van der Waals surface area contributed by atoms with Crippen molar-refractivity contribution in [3.05, 3.63) is 34.9 Å². The van der Waals surface area contributed by atoms with Gasteiger partial charge in [-0.25, -0.2) is 0 Å². The van der Waals surface area contributed by atoms with E-state index in [2.05, 4.69) is 0 Å². The summed E-state index contributed by atoms with van der Waals surface area (Å²) in [5.41, 5.74) is 1.01. The number of carbonyl (C=O) groups excluding carboxylic acids is 1. The second-order valence-corrected chi connectivity index (χ2v) is 5.24. The molecule has 2 rings (SSSR count). The molecule has 1 aromatic rings. The van der Waals surface area contributed by atoms with E-state index in [0.717, 1.165) is 23.4 Å². The molecule has 3 nitrogen and oxygen atoms in total. The van der Waals surface area contributed by atoms with Crippen LogP contribution in [-0.4, -0.2) is 30.6 Å². The minimum Gasteiger partial charge on any atom is -0.381 e. The van der Waals surface area contributed by atoms with Gasteiger partial charge < -0.3 is 9.64 Å². The van der Waals surface area contributed by atoms with Gasteiger partial charge in [0.1, 0.15) is 0 Å². The maximum atomic E-state index is 12.5. The predicted octanol–water partition coefficient (Wildman–Crippen LogP) is 3.12. The highest BCUT2D eigenvalue weighted by atomic mass is 35.5. The third-order valence-electron chi connectivity index (χ3n) is 3.58. The molecule has 1 heterocycles. The van der Waals surface area contributed by atoms with E-state index < -0.39 is 0 Å². The molecule has 1 saturated heterocycles. The lowest BCUT2D eigenvalue weighted by Crippen LogP contribution is -2.38. The van der Waals surface area contributed by atoms with Gasteiger partial charge in [-0.2, -0.15) is 0 Å². The minimum absolute atomic E-state index is 0.108. The van der Waals surface area contributed by atoms with Crippen molar-refractivity contribution < 1.29 is 9.53 Å². The van der Waals surface area contributed by atoms with E-state index in [4.69, 9.17) is 16.3 Å². The second kappa shape index (κ2) is 6.92. The smallest absolute Gasteiger partial charge is 0.226 e. The molecule has 0 saturated carbocycles. The molecular formula is C15H20ClNO2. The number of hydrogen-bond donors (Lipinski definition) is 0. The van der Waals surface area contributed by atoms with Gasteiger partial charge >= 0.3 is 0 Å². The Morgan fingerprint density at radius 1 is 1.37 bits per heavy atom. The van der Waals surface area contributed by atoms with Crippen molar-refractivity contribution >= 4 is 17.5 Å². The van der Waals surface area contributed by atoms with Crippen LogP contribution < -0.4 is 0 Å². The first-order valence-electron chi connectivity index (χ1n) is 6.82. The van der Waals surface area contributed by atoms with Gasteiger partial charge in [0.2, 0.25) is 5.91 Å². The van der Waals surface area contributed by atoms with E-state index in [9.17, 15) is 4.79 Å². The molecule has 0 N–H and O–H groups in total. The highest BCUT2D eigenvalue weighted by Gasteiger charge is 2.25. The summed E-state index contributed by atoms with van der Waals surface area (Å²) in [6, 6.07) is 7.70. The van der Waals surface area contributed by atoms with Crippen molar-refractivity contribution in [1.29, 1.82) is 0 Å². The number of benzene rings is 1. The quantitative estimate of drug-likeness (QED) is 0.849. The molecule has 0 unspecified atom stereocenters. The third-order valence-corrected chi connectivity index (χ3v) is 3.95. The molecule has 1 amide bonds. The lowest BCUT2D eigenvalue weighted by molar-refractivity contribution is -0.138. The van der Waals surface area contributed by atoms with Crippen molar-refractivity contribution in [3.63, 3.8) is 0 Å². The van der Waals surface area contributed by atoms with Gasteiger partial charge in [0.15, 0.2) is 0 Å². The van der Waals surface area contributed by atoms with Crippen LogP contribution in [0.5, 0.6) is 0 Å². The number of nitrogens with zero attached hydrogens (tertiary/aromatic N) is 1. The molecule has 0 bridgehead atoms. The highest BCUT2D eigenvalue weighted by Crippen LogP contribution is 2.21. The van der Waals surface area contributed by atoms with Gasteiger partial charge in [0, 0.05) is 37.2 Å². The zero-order valence-corrected chi connectivity index (χ0v) is 12.0. The Morgan fingerprint density at radius 2 is 2.05 bits per heavy atom. The Hall–Kier alpha value is -1.06. The molecule has 1 aromatic carbocycles. The highest BCUT2D eigenvalue weighted by molar-refractivity contribution is 6.31. The van der Waals surface area contributed by atoms with Crippen LogP contribution in [0.25, 0.3) is 0 Å². The first kappa shape index (κ1) is 14.4. The van der Waals surface area contributed by atoms with Crippen molar-refractivity contribution in [2.24, 2.45) is 5.92 Å². The molecule has 104 valence electrons. The zero-order chi connectivity index (χ0) is 13.7. The summed E-state index contributed by atoms with van der Waals surface area (Å²) in [7, 11) is 0. The van der Waals surface area contributed by atoms with Crippen LogP contribution in [0.15, 0.2) is 24.3 Å². The van der Waals surface area contributed by atoms with E-state index in [1.807, 2.05) is 36.1 Å². The van der Waals surface area contributed by atoms with Crippen molar-refractivity contribution in [2.75, 3.05) is 19.8 Å². The van der Waals surface area contributed by atoms with Crippen LogP contribution in [0.1, 0.15) is 25.3 Å². The molecular weight excluding hydrogens is 262 g/mol.